The van der Waals surface area contributed by atoms with Crippen LogP contribution in [0.15, 0.2) is 63.4 Å². The predicted octanol–water partition coefficient (Wildman–Crippen LogP) is 3.28. The van der Waals surface area contributed by atoms with E-state index in [9.17, 15) is 9.59 Å². The van der Waals surface area contributed by atoms with E-state index in [2.05, 4.69) is 20.5 Å². The quantitative estimate of drug-likeness (QED) is 0.527. The van der Waals surface area contributed by atoms with Gasteiger partial charge >= 0.3 is 0 Å². The topological polar surface area (TPSA) is 113 Å². The van der Waals surface area contributed by atoms with Crippen molar-refractivity contribution in [2.45, 2.75) is 25.6 Å². The zero-order valence-corrected chi connectivity index (χ0v) is 17.6. The number of rotatable bonds is 6. The molecule has 32 heavy (non-hydrogen) atoms. The molecule has 11 heteroatoms. The van der Waals surface area contributed by atoms with Crippen molar-refractivity contribution >= 4 is 29.1 Å². The van der Waals surface area contributed by atoms with E-state index >= 15 is 0 Å². The summed E-state index contributed by atoms with van der Waals surface area (Å²) >= 11 is 5.91. The predicted molar refractivity (Wildman–Crippen MR) is 113 cm³/mol. The number of carbonyl (C=O) groups excluding carboxylic acids is 2. The SMILES string of the molecule is CCOc1ccc(N2C(=O)C3N=NN(Cc4nc(-c5ccc(Cl)cc5)no4)C3C2=O)cc1. The van der Waals surface area contributed by atoms with Crippen LogP contribution in [0.25, 0.3) is 11.4 Å². The zero-order valence-electron chi connectivity index (χ0n) is 16.9. The summed E-state index contributed by atoms with van der Waals surface area (Å²) in [6.07, 6.45) is 0. The van der Waals surface area contributed by atoms with Crippen LogP contribution in [-0.2, 0) is 16.1 Å². The monoisotopic (exact) mass is 452 g/mol. The van der Waals surface area contributed by atoms with E-state index in [4.69, 9.17) is 20.9 Å². The highest BCUT2D eigenvalue weighted by Crippen LogP contribution is 2.33. The Morgan fingerprint density at radius 1 is 1.06 bits per heavy atom. The molecule has 2 aliphatic rings. The zero-order chi connectivity index (χ0) is 22.2. The molecule has 2 atom stereocenters. The van der Waals surface area contributed by atoms with E-state index in [0.717, 1.165) is 10.5 Å². The highest BCUT2D eigenvalue weighted by atomic mass is 35.5. The molecule has 1 fully saturated rings. The summed E-state index contributed by atoms with van der Waals surface area (Å²) in [6, 6.07) is 12.0. The number of imide groups is 1. The molecule has 0 saturated carbocycles. The molecule has 0 spiro atoms. The molecule has 0 radical (unpaired) electrons. The second-order valence-electron chi connectivity index (χ2n) is 7.15. The summed E-state index contributed by atoms with van der Waals surface area (Å²) in [5.41, 5.74) is 1.19. The minimum atomic E-state index is -0.910. The number of hydrogen-bond donors (Lipinski definition) is 0. The fraction of sp³-hybridized carbons (Fsp3) is 0.238. The van der Waals surface area contributed by atoms with Crippen LogP contribution in [-0.4, -0.2) is 45.7 Å². The molecular weight excluding hydrogens is 436 g/mol. The maximum absolute atomic E-state index is 13.1. The smallest absolute Gasteiger partial charge is 0.263 e. The number of ether oxygens (including phenoxy) is 1. The Hall–Kier alpha value is -3.79. The highest BCUT2D eigenvalue weighted by molar-refractivity contribution is 6.30. The number of halogens is 1. The molecule has 162 valence electrons. The third kappa shape index (κ3) is 3.48. The Morgan fingerprint density at radius 3 is 2.53 bits per heavy atom. The van der Waals surface area contributed by atoms with Gasteiger partial charge in [0.15, 0.2) is 12.1 Å². The van der Waals surface area contributed by atoms with Crippen LogP contribution in [0.4, 0.5) is 5.69 Å². The number of anilines is 1. The highest BCUT2D eigenvalue weighted by Gasteiger charge is 2.55. The first-order chi connectivity index (χ1) is 15.5. The molecule has 3 aromatic rings. The van der Waals surface area contributed by atoms with Crippen LogP contribution in [0.2, 0.25) is 5.02 Å². The maximum atomic E-state index is 13.1. The Balaban J connectivity index is 1.33. The number of carbonyl (C=O) groups is 2. The van der Waals surface area contributed by atoms with Gasteiger partial charge in [0.25, 0.3) is 11.8 Å². The number of amides is 2. The molecule has 2 amide bonds. The second kappa shape index (κ2) is 8.04. The molecule has 10 nitrogen and oxygen atoms in total. The Morgan fingerprint density at radius 2 is 1.81 bits per heavy atom. The van der Waals surface area contributed by atoms with Crippen molar-refractivity contribution in [2.24, 2.45) is 10.3 Å². The van der Waals surface area contributed by atoms with Gasteiger partial charge in [-0.1, -0.05) is 22.0 Å². The average Bonchev–Trinajstić information content (AvgIpc) is 3.48. The number of nitrogens with zero attached hydrogens (tertiary/aromatic N) is 6. The first kappa shape index (κ1) is 20.1. The fourth-order valence-electron chi connectivity index (χ4n) is 3.64. The van der Waals surface area contributed by atoms with Crippen molar-refractivity contribution < 1.29 is 18.8 Å². The molecule has 2 aliphatic heterocycles. The molecule has 1 aromatic heterocycles. The second-order valence-corrected chi connectivity index (χ2v) is 7.59. The Kier molecular flexibility index (Phi) is 5.06. The summed E-state index contributed by atoms with van der Waals surface area (Å²) in [5, 5.41) is 14.0. The van der Waals surface area contributed by atoms with Crippen molar-refractivity contribution in [3.8, 4) is 17.1 Å². The number of hydrogen-bond acceptors (Lipinski definition) is 9. The summed E-state index contributed by atoms with van der Waals surface area (Å²) in [6.45, 7) is 2.45. The maximum Gasteiger partial charge on any atom is 0.263 e. The van der Waals surface area contributed by atoms with Gasteiger partial charge in [-0.25, -0.2) is 4.90 Å². The normalized spacial score (nSPS) is 19.7. The number of fused-ring (bicyclic) bond motifs is 1. The number of aromatic nitrogens is 2. The van der Waals surface area contributed by atoms with E-state index in [-0.39, 0.29) is 12.4 Å². The van der Waals surface area contributed by atoms with Crippen molar-refractivity contribution in [3.05, 3.63) is 59.4 Å². The van der Waals surface area contributed by atoms with Crippen LogP contribution >= 0.6 is 11.6 Å². The molecule has 2 unspecified atom stereocenters. The molecule has 2 aromatic carbocycles. The van der Waals surface area contributed by atoms with E-state index < -0.39 is 23.9 Å². The first-order valence-corrected chi connectivity index (χ1v) is 10.3. The van der Waals surface area contributed by atoms with Gasteiger partial charge in [0.1, 0.15) is 12.3 Å². The van der Waals surface area contributed by atoms with Crippen molar-refractivity contribution in [2.75, 3.05) is 11.5 Å². The molecule has 0 bridgehead atoms. The van der Waals surface area contributed by atoms with Crippen LogP contribution < -0.4 is 9.64 Å². The molecular formula is C21H17ClN6O4. The van der Waals surface area contributed by atoms with Crippen molar-refractivity contribution in [1.29, 1.82) is 0 Å². The lowest BCUT2D eigenvalue weighted by Gasteiger charge is -2.19. The van der Waals surface area contributed by atoms with E-state index in [1.807, 2.05) is 6.92 Å². The molecule has 0 aliphatic carbocycles. The van der Waals surface area contributed by atoms with Crippen LogP contribution in [0, 0.1) is 0 Å². The molecule has 5 rings (SSSR count). The van der Waals surface area contributed by atoms with Gasteiger partial charge in [-0.05, 0) is 55.5 Å². The Bertz CT molecular complexity index is 1190. The van der Waals surface area contributed by atoms with Gasteiger partial charge in [-0.15, -0.1) is 0 Å². The van der Waals surface area contributed by atoms with Gasteiger partial charge in [-0.3, -0.25) is 14.6 Å². The first-order valence-electron chi connectivity index (χ1n) is 9.92. The van der Waals surface area contributed by atoms with Crippen molar-refractivity contribution in [1.82, 2.24) is 15.1 Å². The fourth-order valence-corrected chi connectivity index (χ4v) is 3.77. The lowest BCUT2D eigenvalue weighted by Crippen LogP contribution is -2.39. The number of benzene rings is 2. The van der Waals surface area contributed by atoms with Gasteiger partial charge in [-0.2, -0.15) is 10.1 Å². The van der Waals surface area contributed by atoms with Gasteiger partial charge in [0.05, 0.1) is 12.3 Å². The summed E-state index contributed by atoms with van der Waals surface area (Å²) < 4.78 is 10.7. The third-order valence-electron chi connectivity index (χ3n) is 5.13. The van der Waals surface area contributed by atoms with E-state index in [1.165, 1.54) is 5.01 Å². The van der Waals surface area contributed by atoms with E-state index in [1.54, 1.807) is 48.5 Å². The largest absolute Gasteiger partial charge is 0.494 e. The lowest BCUT2D eigenvalue weighted by molar-refractivity contribution is -0.123. The molecule has 1 saturated heterocycles. The summed E-state index contributed by atoms with van der Waals surface area (Å²) in [4.78, 5) is 31.4. The van der Waals surface area contributed by atoms with Gasteiger partial charge in [0, 0.05) is 10.6 Å². The van der Waals surface area contributed by atoms with Crippen LogP contribution in [0.3, 0.4) is 0 Å². The minimum Gasteiger partial charge on any atom is -0.494 e. The van der Waals surface area contributed by atoms with E-state index in [0.29, 0.717) is 28.9 Å². The minimum absolute atomic E-state index is 0.0430. The van der Waals surface area contributed by atoms with Gasteiger partial charge < -0.3 is 9.26 Å². The lowest BCUT2D eigenvalue weighted by atomic mass is 10.1. The van der Waals surface area contributed by atoms with Crippen LogP contribution in [0.1, 0.15) is 12.8 Å². The Labute approximate surface area is 187 Å². The summed E-state index contributed by atoms with van der Waals surface area (Å²) in [7, 11) is 0. The molecule has 3 heterocycles. The average molecular weight is 453 g/mol. The summed E-state index contributed by atoms with van der Waals surface area (Å²) in [5.74, 6) is 0.447. The third-order valence-corrected chi connectivity index (χ3v) is 5.38. The van der Waals surface area contributed by atoms with Crippen LogP contribution in [0.5, 0.6) is 5.75 Å². The molecule has 0 N–H and O–H groups in total. The standard InChI is InChI=1S/C21H17ClN6O4/c1-2-31-15-9-7-14(8-10-15)28-20(29)17-18(21(28)30)27(26-24-17)11-16-23-19(25-32-16)12-3-5-13(22)6-4-12/h3-10,17-18H,2,11H2,1H3. The van der Waals surface area contributed by atoms with Crippen molar-refractivity contribution in [3.63, 3.8) is 0 Å². The van der Waals surface area contributed by atoms with Gasteiger partial charge in [0.2, 0.25) is 11.7 Å².